The van der Waals surface area contributed by atoms with Crippen molar-refractivity contribution >= 4 is 11.7 Å². The second-order valence-electron chi connectivity index (χ2n) is 5.75. The van der Waals surface area contributed by atoms with E-state index in [1.165, 1.54) is 6.07 Å². The van der Waals surface area contributed by atoms with Crippen molar-refractivity contribution in [3.8, 4) is 11.5 Å². The number of amides is 1. The van der Waals surface area contributed by atoms with Crippen molar-refractivity contribution in [2.24, 2.45) is 0 Å². The number of nitrogen functional groups attached to an aromatic ring is 1. The number of carbonyl (C=O) groups is 1. The highest BCUT2D eigenvalue weighted by Crippen LogP contribution is 2.24. The van der Waals surface area contributed by atoms with Crippen LogP contribution in [0.25, 0.3) is 0 Å². The van der Waals surface area contributed by atoms with Gasteiger partial charge in [0.05, 0.1) is 5.56 Å². The van der Waals surface area contributed by atoms with Gasteiger partial charge in [-0.2, -0.15) is 0 Å². The molecule has 0 aliphatic rings. The van der Waals surface area contributed by atoms with Crippen molar-refractivity contribution in [2.75, 3.05) is 5.73 Å². The molecular formula is C20H18FN3O2. The molecule has 3 rings (SSSR count). The van der Waals surface area contributed by atoms with Gasteiger partial charge in [0.1, 0.15) is 11.6 Å². The number of anilines is 1. The Morgan fingerprint density at radius 3 is 2.73 bits per heavy atom. The zero-order valence-electron chi connectivity index (χ0n) is 14.2. The lowest BCUT2D eigenvalue weighted by molar-refractivity contribution is 0.0951. The van der Waals surface area contributed by atoms with E-state index in [4.69, 9.17) is 10.5 Å². The summed E-state index contributed by atoms with van der Waals surface area (Å²) in [6.45, 7) is 2.08. The van der Waals surface area contributed by atoms with Crippen LogP contribution in [0.15, 0.2) is 60.7 Å². The Kier molecular flexibility index (Phi) is 5.12. The lowest BCUT2D eigenvalue weighted by Crippen LogP contribution is -2.24. The Balaban J connectivity index is 1.67. The van der Waals surface area contributed by atoms with Crippen LogP contribution in [-0.2, 0) is 6.54 Å². The van der Waals surface area contributed by atoms with E-state index in [0.717, 1.165) is 11.3 Å². The second kappa shape index (κ2) is 7.65. The Labute approximate surface area is 150 Å². The number of aryl methyl sites for hydroxylation is 1. The van der Waals surface area contributed by atoms with Gasteiger partial charge in [0.25, 0.3) is 5.91 Å². The van der Waals surface area contributed by atoms with Crippen molar-refractivity contribution in [1.82, 2.24) is 10.3 Å². The van der Waals surface area contributed by atoms with E-state index < -0.39 is 5.82 Å². The van der Waals surface area contributed by atoms with Crippen LogP contribution >= 0.6 is 0 Å². The van der Waals surface area contributed by atoms with Crippen LogP contribution in [0.5, 0.6) is 11.5 Å². The molecule has 0 bridgehead atoms. The number of ether oxygens (including phenoxy) is 1. The van der Waals surface area contributed by atoms with Crippen molar-refractivity contribution in [3.05, 3.63) is 83.3 Å². The highest BCUT2D eigenvalue weighted by atomic mass is 19.1. The van der Waals surface area contributed by atoms with Gasteiger partial charge in [0.2, 0.25) is 0 Å². The molecule has 5 nitrogen and oxygen atoms in total. The maximum absolute atomic E-state index is 13.7. The number of rotatable bonds is 5. The van der Waals surface area contributed by atoms with E-state index in [1.807, 2.05) is 6.07 Å². The Morgan fingerprint density at radius 2 is 1.96 bits per heavy atom. The van der Waals surface area contributed by atoms with Crippen LogP contribution < -0.4 is 15.8 Å². The molecule has 0 radical (unpaired) electrons. The molecule has 1 aromatic heterocycles. The van der Waals surface area contributed by atoms with E-state index in [-0.39, 0.29) is 24.0 Å². The van der Waals surface area contributed by atoms with Gasteiger partial charge in [-0.3, -0.25) is 4.79 Å². The normalized spacial score (nSPS) is 10.4. The van der Waals surface area contributed by atoms with Gasteiger partial charge in [-0.15, -0.1) is 0 Å². The van der Waals surface area contributed by atoms with Crippen molar-refractivity contribution in [1.29, 1.82) is 0 Å². The molecule has 0 unspecified atom stereocenters. The lowest BCUT2D eigenvalue weighted by atomic mass is 10.2. The minimum absolute atomic E-state index is 0.146. The highest BCUT2D eigenvalue weighted by molar-refractivity contribution is 5.98. The maximum atomic E-state index is 13.7. The number of nitrogens with two attached hydrogens (primary N) is 1. The highest BCUT2D eigenvalue weighted by Gasteiger charge is 2.11. The molecule has 0 fully saturated rings. The SMILES string of the molecule is Cc1ccc(C(=O)NCc2cccc(Oc3ccccc3F)c2)c(N)n1. The summed E-state index contributed by atoms with van der Waals surface area (Å²) in [6, 6.07) is 16.6. The van der Waals surface area contributed by atoms with Gasteiger partial charge in [0, 0.05) is 12.2 Å². The average Bonchev–Trinajstić information content (AvgIpc) is 2.62. The first-order valence-electron chi connectivity index (χ1n) is 8.05. The predicted molar refractivity (Wildman–Crippen MR) is 97.5 cm³/mol. The molecule has 2 aromatic carbocycles. The molecule has 0 saturated carbocycles. The maximum Gasteiger partial charge on any atom is 0.255 e. The van der Waals surface area contributed by atoms with E-state index in [2.05, 4.69) is 10.3 Å². The van der Waals surface area contributed by atoms with E-state index >= 15 is 0 Å². The van der Waals surface area contributed by atoms with Crippen LogP contribution in [-0.4, -0.2) is 10.9 Å². The van der Waals surface area contributed by atoms with Crippen LogP contribution in [0.1, 0.15) is 21.6 Å². The molecule has 0 aliphatic heterocycles. The topological polar surface area (TPSA) is 77.2 Å². The molecule has 26 heavy (non-hydrogen) atoms. The summed E-state index contributed by atoms with van der Waals surface area (Å²) in [5.41, 5.74) is 7.67. The van der Waals surface area contributed by atoms with E-state index in [0.29, 0.717) is 11.3 Å². The molecule has 3 aromatic rings. The third-order valence-electron chi connectivity index (χ3n) is 3.72. The summed E-state index contributed by atoms with van der Waals surface area (Å²) >= 11 is 0. The Bertz CT molecular complexity index is 944. The molecule has 1 heterocycles. The van der Waals surface area contributed by atoms with Gasteiger partial charge >= 0.3 is 0 Å². The quantitative estimate of drug-likeness (QED) is 0.732. The van der Waals surface area contributed by atoms with Gasteiger partial charge in [-0.05, 0) is 48.9 Å². The van der Waals surface area contributed by atoms with Gasteiger partial charge in [-0.25, -0.2) is 9.37 Å². The molecule has 1 amide bonds. The second-order valence-corrected chi connectivity index (χ2v) is 5.75. The van der Waals surface area contributed by atoms with Crippen LogP contribution in [0.3, 0.4) is 0 Å². The van der Waals surface area contributed by atoms with Gasteiger partial charge < -0.3 is 15.8 Å². The fraction of sp³-hybridized carbons (Fsp3) is 0.100. The fourth-order valence-corrected chi connectivity index (χ4v) is 2.42. The zero-order valence-corrected chi connectivity index (χ0v) is 14.2. The molecule has 0 spiro atoms. The standard InChI is InChI=1S/C20H18FN3O2/c1-13-9-10-16(19(22)24-13)20(25)23-12-14-5-4-6-15(11-14)26-18-8-3-2-7-17(18)21/h2-11H,12H2,1H3,(H2,22,24)(H,23,25). The smallest absolute Gasteiger partial charge is 0.255 e. The number of benzene rings is 2. The third kappa shape index (κ3) is 4.16. The van der Waals surface area contributed by atoms with Crippen molar-refractivity contribution in [3.63, 3.8) is 0 Å². The minimum atomic E-state index is -0.437. The number of nitrogens with zero attached hydrogens (tertiary/aromatic N) is 1. The zero-order chi connectivity index (χ0) is 18.5. The fourth-order valence-electron chi connectivity index (χ4n) is 2.42. The van der Waals surface area contributed by atoms with Crippen LogP contribution in [0.2, 0.25) is 0 Å². The first-order chi connectivity index (χ1) is 12.5. The van der Waals surface area contributed by atoms with Crippen molar-refractivity contribution < 1.29 is 13.9 Å². The number of hydrogen-bond acceptors (Lipinski definition) is 4. The molecule has 0 aliphatic carbocycles. The molecule has 0 saturated heterocycles. The monoisotopic (exact) mass is 351 g/mol. The average molecular weight is 351 g/mol. The summed E-state index contributed by atoms with van der Waals surface area (Å²) in [6.07, 6.45) is 0. The number of halogens is 1. The van der Waals surface area contributed by atoms with E-state index in [9.17, 15) is 9.18 Å². The van der Waals surface area contributed by atoms with Crippen molar-refractivity contribution in [2.45, 2.75) is 13.5 Å². The summed E-state index contributed by atoms with van der Waals surface area (Å²) in [5, 5.41) is 2.79. The first kappa shape index (κ1) is 17.4. The number of nitrogens with one attached hydrogen (secondary N) is 1. The van der Waals surface area contributed by atoms with Gasteiger partial charge in [0.15, 0.2) is 11.6 Å². The molecular weight excluding hydrogens is 333 g/mol. The molecule has 132 valence electrons. The minimum Gasteiger partial charge on any atom is -0.454 e. The molecule has 3 N–H and O–H groups in total. The largest absolute Gasteiger partial charge is 0.454 e. The summed E-state index contributed by atoms with van der Waals surface area (Å²) in [7, 11) is 0. The Morgan fingerprint density at radius 1 is 1.15 bits per heavy atom. The number of hydrogen-bond donors (Lipinski definition) is 2. The predicted octanol–water partition coefficient (Wildman–Crippen LogP) is 3.83. The number of aromatic nitrogens is 1. The summed E-state index contributed by atoms with van der Waals surface area (Å²) in [4.78, 5) is 16.3. The van der Waals surface area contributed by atoms with Gasteiger partial charge in [-0.1, -0.05) is 24.3 Å². The summed E-state index contributed by atoms with van der Waals surface area (Å²) in [5.74, 6) is 0.0775. The number of carbonyl (C=O) groups excluding carboxylic acids is 1. The summed E-state index contributed by atoms with van der Waals surface area (Å²) < 4.78 is 19.2. The molecule has 6 heteroatoms. The third-order valence-corrected chi connectivity index (χ3v) is 3.72. The number of pyridine rings is 1. The lowest BCUT2D eigenvalue weighted by Gasteiger charge is -2.10. The van der Waals surface area contributed by atoms with E-state index in [1.54, 1.807) is 55.5 Å². The van der Waals surface area contributed by atoms with Crippen LogP contribution in [0, 0.1) is 12.7 Å². The van der Waals surface area contributed by atoms with Crippen LogP contribution in [0.4, 0.5) is 10.2 Å². The first-order valence-corrected chi connectivity index (χ1v) is 8.05. The number of para-hydroxylation sites is 1. The Hall–Kier alpha value is -3.41. The molecule has 0 atom stereocenters.